The third kappa shape index (κ3) is 7.31. The highest BCUT2D eigenvalue weighted by molar-refractivity contribution is 5.64. The van der Waals surface area contributed by atoms with Crippen LogP contribution < -0.4 is 0 Å². The molecule has 0 radical (unpaired) electrons. The number of hydrogen-bond acceptors (Lipinski definition) is 1. The normalized spacial score (nSPS) is 14.2. The van der Waals surface area contributed by atoms with Gasteiger partial charge in [-0.3, -0.25) is 4.79 Å². The summed E-state index contributed by atoms with van der Waals surface area (Å²) < 4.78 is 0. The molecule has 0 aromatic rings. The van der Waals surface area contributed by atoms with E-state index in [1.807, 2.05) is 6.08 Å². The summed E-state index contributed by atoms with van der Waals surface area (Å²) in [4.78, 5) is 9.96. The van der Waals surface area contributed by atoms with Crippen molar-refractivity contribution in [2.75, 3.05) is 0 Å². The molecule has 1 nitrogen and oxygen atoms in total. The van der Waals surface area contributed by atoms with Crippen LogP contribution in [0.1, 0.15) is 33.6 Å². The van der Waals surface area contributed by atoms with Gasteiger partial charge in [-0.05, 0) is 24.3 Å². The molecule has 0 amide bonds. The largest absolute Gasteiger partial charge is 0.299 e. The van der Waals surface area contributed by atoms with E-state index in [2.05, 4.69) is 20.8 Å². The van der Waals surface area contributed by atoms with E-state index in [0.29, 0.717) is 5.92 Å². The number of carbonyl (C=O) groups is 1. The van der Waals surface area contributed by atoms with Gasteiger partial charge < -0.3 is 0 Å². The van der Waals surface area contributed by atoms with Crippen molar-refractivity contribution in [1.29, 1.82) is 0 Å². The van der Waals surface area contributed by atoms with Gasteiger partial charge in [-0.2, -0.15) is 0 Å². The Labute approximate surface area is 69.5 Å². The van der Waals surface area contributed by atoms with E-state index in [-0.39, 0.29) is 0 Å². The van der Waals surface area contributed by atoms with Crippen LogP contribution in [0.3, 0.4) is 0 Å². The van der Waals surface area contributed by atoms with Crippen LogP contribution in [0.2, 0.25) is 0 Å². The van der Waals surface area contributed by atoms with Gasteiger partial charge in [0.25, 0.3) is 0 Å². The third-order valence-corrected chi connectivity index (χ3v) is 1.72. The van der Waals surface area contributed by atoms with Gasteiger partial charge in [-0.25, -0.2) is 0 Å². The molecule has 0 rings (SSSR count). The number of aldehydes is 1. The van der Waals surface area contributed by atoms with E-state index in [1.165, 1.54) is 12.8 Å². The second kappa shape index (κ2) is 6.14. The SMILES string of the molecule is CC(C)CCC(C)/C=C/C=O. The lowest BCUT2D eigenvalue weighted by molar-refractivity contribution is -0.104. The van der Waals surface area contributed by atoms with Crippen LogP contribution in [0.4, 0.5) is 0 Å². The molecule has 0 aromatic heterocycles. The Morgan fingerprint density at radius 2 is 1.82 bits per heavy atom. The van der Waals surface area contributed by atoms with Crippen LogP contribution >= 0.6 is 0 Å². The van der Waals surface area contributed by atoms with E-state index < -0.39 is 0 Å². The predicted molar refractivity (Wildman–Crippen MR) is 48.4 cm³/mol. The molecule has 0 aliphatic rings. The van der Waals surface area contributed by atoms with Crippen molar-refractivity contribution in [3.8, 4) is 0 Å². The van der Waals surface area contributed by atoms with Gasteiger partial charge in [-0.15, -0.1) is 0 Å². The lowest BCUT2D eigenvalue weighted by atomic mass is 9.99. The second-order valence-corrected chi connectivity index (χ2v) is 3.47. The first-order chi connectivity index (χ1) is 5.16. The van der Waals surface area contributed by atoms with Crippen LogP contribution in [0.5, 0.6) is 0 Å². The molecule has 1 heteroatoms. The van der Waals surface area contributed by atoms with Crippen molar-refractivity contribution >= 4 is 6.29 Å². The minimum absolute atomic E-state index is 0.544. The van der Waals surface area contributed by atoms with Gasteiger partial charge in [0, 0.05) is 0 Å². The lowest BCUT2D eigenvalue weighted by Crippen LogP contribution is -1.94. The Morgan fingerprint density at radius 1 is 1.18 bits per heavy atom. The molecule has 0 bridgehead atoms. The molecule has 0 saturated carbocycles. The molecule has 0 aromatic carbocycles. The lowest BCUT2D eigenvalue weighted by Gasteiger charge is -2.07. The number of hydrogen-bond donors (Lipinski definition) is 0. The van der Waals surface area contributed by atoms with Crippen molar-refractivity contribution in [3.63, 3.8) is 0 Å². The first kappa shape index (κ1) is 10.4. The molecule has 0 saturated heterocycles. The number of allylic oxidation sites excluding steroid dienone is 2. The maximum Gasteiger partial charge on any atom is 0.142 e. The average Bonchev–Trinajstić information content (AvgIpc) is 1.97. The summed E-state index contributed by atoms with van der Waals surface area (Å²) in [6.45, 7) is 6.58. The van der Waals surface area contributed by atoms with Crippen LogP contribution in [0.25, 0.3) is 0 Å². The smallest absolute Gasteiger partial charge is 0.142 e. The number of carbonyl (C=O) groups excluding carboxylic acids is 1. The average molecular weight is 154 g/mol. The molecular weight excluding hydrogens is 136 g/mol. The zero-order valence-electron chi connectivity index (χ0n) is 7.71. The van der Waals surface area contributed by atoms with Gasteiger partial charge in [0.2, 0.25) is 0 Å². The molecule has 11 heavy (non-hydrogen) atoms. The molecule has 1 unspecified atom stereocenters. The molecule has 64 valence electrons. The molecule has 0 fully saturated rings. The van der Waals surface area contributed by atoms with Crippen molar-refractivity contribution in [2.24, 2.45) is 11.8 Å². The maximum absolute atomic E-state index is 9.96. The molecule has 0 aliphatic carbocycles. The summed E-state index contributed by atoms with van der Waals surface area (Å²) in [5, 5.41) is 0. The second-order valence-electron chi connectivity index (χ2n) is 3.47. The van der Waals surface area contributed by atoms with Crippen LogP contribution in [-0.2, 0) is 4.79 Å². The van der Waals surface area contributed by atoms with E-state index in [4.69, 9.17) is 0 Å². The fraction of sp³-hybridized carbons (Fsp3) is 0.700. The van der Waals surface area contributed by atoms with Crippen LogP contribution in [-0.4, -0.2) is 6.29 Å². The standard InChI is InChI=1S/C10H18O/c1-9(2)6-7-10(3)5-4-8-11/h4-5,8-10H,6-7H2,1-3H3/b5-4+. The topological polar surface area (TPSA) is 17.1 Å². The highest BCUT2D eigenvalue weighted by Gasteiger charge is 1.98. The van der Waals surface area contributed by atoms with Gasteiger partial charge in [0.15, 0.2) is 0 Å². The van der Waals surface area contributed by atoms with Gasteiger partial charge in [0.1, 0.15) is 6.29 Å². The van der Waals surface area contributed by atoms with Gasteiger partial charge in [-0.1, -0.05) is 33.3 Å². The third-order valence-electron chi connectivity index (χ3n) is 1.72. The Bertz CT molecular complexity index is 125. The quantitative estimate of drug-likeness (QED) is 0.439. The van der Waals surface area contributed by atoms with Crippen molar-refractivity contribution in [2.45, 2.75) is 33.6 Å². The van der Waals surface area contributed by atoms with Gasteiger partial charge in [0.05, 0.1) is 0 Å². The first-order valence-electron chi connectivity index (χ1n) is 4.28. The van der Waals surface area contributed by atoms with Gasteiger partial charge >= 0.3 is 0 Å². The summed E-state index contributed by atoms with van der Waals surface area (Å²) in [5.41, 5.74) is 0. The van der Waals surface area contributed by atoms with Crippen LogP contribution in [0.15, 0.2) is 12.2 Å². The van der Waals surface area contributed by atoms with Crippen LogP contribution in [0, 0.1) is 11.8 Å². The minimum atomic E-state index is 0.544. The van der Waals surface area contributed by atoms with Crippen molar-refractivity contribution in [3.05, 3.63) is 12.2 Å². The Balaban J connectivity index is 3.44. The molecular formula is C10H18O. The molecule has 0 heterocycles. The Morgan fingerprint density at radius 3 is 2.27 bits per heavy atom. The van der Waals surface area contributed by atoms with E-state index >= 15 is 0 Å². The monoisotopic (exact) mass is 154 g/mol. The fourth-order valence-corrected chi connectivity index (χ4v) is 0.927. The highest BCUT2D eigenvalue weighted by Crippen LogP contribution is 2.12. The summed E-state index contributed by atoms with van der Waals surface area (Å²) >= 11 is 0. The van der Waals surface area contributed by atoms with E-state index in [1.54, 1.807) is 6.08 Å². The maximum atomic E-state index is 9.96. The fourth-order valence-electron chi connectivity index (χ4n) is 0.927. The zero-order valence-corrected chi connectivity index (χ0v) is 7.71. The minimum Gasteiger partial charge on any atom is -0.299 e. The van der Waals surface area contributed by atoms with Crippen molar-refractivity contribution in [1.82, 2.24) is 0 Å². The summed E-state index contributed by atoms with van der Waals surface area (Å²) in [7, 11) is 0. The van der Waals surface area contributed by atoms with E-state index in [0.717, 1.165) is 12.2 Å². The summed E-state index contributed by atoms with van der Waals surface area (Å²) in [5.74, 6) is 1.31. The van der Waals surface area contributed by atoms with E-state index in [9.17, 15) is 4.79 Å². The summed E-state index contributed by atoms with van der Waals surface area (Å²) in [6.07, 6.45) is 6.82. The molecule has 0 spiro atoms. The highest BCUT2D eigenvalue weighted by atomic mass is 16.1. The predicted octanol–water partition coefficient (Wildman–Crippen LogP) is 2.81. The molecule has 0 N–H and O–H groups in total. The Hall–Kier alpha value is -0.590. The zero-order chi connectivity index (χ0) is 8.69. The molecule has 0 aliphatic heterocycles. The number of rotatable bonds is 5. The van der Waals surface area contributed by atoms with Crippen molar-refractivity contribution < 1.29 is 4.79 Å². The summed E-state index contributed by atoms with van der Waals surface area (Å²) in [6, 6.07) is 0. The first-order valence-corrected chi connectivity index (χ1v) is 4.28. The Kier molecular flexibility index (Phi) is 5.81. The molecule has 1 atom stereocenters.